The Kier molecular flexibility index (Phi) is 3.48. The lowest BCUT2D eigenvalue weighted by Crippen LogP contribution is -2.05. The number of halogens is 1. The van der Waals surface area contributed by atoms with Gasteiger partial charge in [0.2, 0.25) is 0 Å². The van der Waals surface area contributed by atoms with Crippen molar-refractivity contribution in [2.75, 3.05) is 0 Å². The zero-order valence-electron chi connectivity index (χ0n) is 9.93. The molecule has 0 fully saturated rings. The molecule has 0 spiro atoms. The predicted octanol–water partition coefficient (Wildman–Crippen LogP) is 3.11. The second-order valence-electron chi connectivity index (χ2n) is 4.21. The van der Waals surface area contributed by atoms with Gasteiger partial charge in [-0.05, 0) is 30.7 Å². The van der Waals surface area contributed by atoms with Crippen LogP contribution in [-0.2, 0) is 15.6 Å². The first-order valence-electron chi connectivity index (χ1n) is 5.51. The molecule has 4 heteroatoms. The van der Waals surface area contributed by atoms with Crippen molar-refractivity contribution in [3.63, 3.8) is 0 Å². The van der Waals surface area contributed by atoms with Crippen LogP contribution in [0.25, 0.3) is 0 Å². The van der Waals surface area contributed by atoms with E-state index >= 15 is 0 Å². The van der Waals surface area contributed by atoms with Gasteiger partial charge in [0.15, 0.2) is 9.84 Å². The van der Waals surface area contributed by atoms with E-state index in [-0.39, 0.29) is 10.6 Å². The van der Waals surface area contributed by atoms with E-state index < -0.39 is 15.7 Å². The lowest BCUT2D eigenvalue weighted by Gasteiger charge is -2.05. The second kappa shape index (κ2) is 4.90. The third kappa shape index (κ3) is 2.96. The molecule has 2 rings (SSSR count). The molecule has 2 aromatic rings. The first kappa shape index (κ1) is 12.8. The van der Waals surface area contributed by atoms with Gasteiger partial charge in [0, 0.05) is 0 Å². The van der Waals surface area contributed by atoms with E-state index in [1.807, 2.05) is 25.1 Å². The van der Waals surface area contributed by atoms with Crippen LogP contribution in [-0.4, -0.2) is 8.42 Å². The molecule has 0 amide bonds. The molecule has 0 unspecified atom stereocenters. The predicted molar refractivity (Wildman–Crippen MR) is 68.5 cm³/mol. The number of sulfone groups is 1. The molecule has 0 saturated heterocycles. The van der Waals surface area contributed by atoms with Gasteiger partial charge < -0.3 is 0 Å². The first-order chi connectivity index (χ1) is 8.47. The fraction of sp³-hybridized carbons (Fsp3) is 0.143. The summed E-state index contributed by atoms with van der Waals surface area (Å²) < 4.78 is 37.2. The second-order valence-corrected chi connectivity index (χ2v) is 6.20. The molecular formula is C14H13FO2S. The van der Waals surface area contributed by atoms with Crippen LogP contribution in [0.15, 0.2) is 53.4 Å². The van der Waals surface area contributed by atoms with E-state index in [4.69, 9.17) is 0 Å². The fourth-order valence-electron chi connectivity index (χ4n) is 1.77. The normalized spacial score (nSPS) is 11.4. The Morgan fingerprint density at radius 2 is 1.78 bits per heavy atom. The molecule has 0 N–H and O–H groups in total. The van der Waals surface area contributed by atoms with Crippen molar-refractivity contribution >= 4 is 9.84 Å². The van der Waals surface area contributed by atoms with Crippen LogP contribution < -0.4 is 0 Å². The number of rotatable bonds is 3. The van der Waals surface area contributed by atoms with E-state index in [1.165, 1.54) is 18.2 Å². The van der Waals surface area contributed by atoms with Crippen molar-refractivity contribution < 1.29 is 12.8 Å². The Labute approximate surface area is 106 Å². The van der Waals surface area contributed by atoms with Crippen molar-refractivity contribution in [1.82, 2.24) is 0 Å². The highest BCUT2D eigenvalue weighted by Gasteiger charge is 2.15. The van der Waals surface area contributed by atoms with Crippen LogP contribution in [0.3, 0.4) is 0 Å². The van der Waals surface area contributed by atoms with Crippen molar-refractivity contribution in [3.8, 4) is 0 Å². The summed E-state index contributed by atoms with van der Waals surface area (Å²) >= 11 is 0. The van der Waals surface area contributed by atoms with Crippen molar-refractivity contribution in [3.05, 3.63) is 65.5 Å². The van der Waals surface area contributed by atoms with Crippen LogP contribution in [0.5, 0.6) is 0 Å². The molecule has 0 heterocycles. The Balaban J connectivity index is 2.33. The van der Waals surface area contributed by atoms with E-state index in [0.717, 1.165) is 11.6 Å². The molecule has 0 aliphatic rings. The van der Waals surface area contributed by atoms with Gasteiger partial charge in [-0.1, -0.05) is 35.9 Å². The van der Waals surface area contributed by atoms with Gasteiger partial charge in [-0.3, -0.25) is 0 Å². The minimum absolute atomic E-state index is 0.0176. The highest BCUT2D eigenvalue weighted by molar-refractivity contribution is 7.90. The molecular weight excluding hydrogens is 251 g/mol. The zero-order chi connectivity index (χ0) is 13.2. The maximum Gasteiger partial charge on any atom is 0.182 e. The molecule has 0 radical (unpaired) electrons. The van der Waals surface area contributed by atoms with Gasteiger partial charge in [0.1, 0.15) is 5.82 Å². The largest absolute Gasteiger partial charge is 0.223 e. The van der Waals surface area contributed by atoms with E-state index in [2.05, 4.69) is 0 Å². The molecule has 0 aliphatic carbocycles. The molecule has 94 valence electrons. The van der Waals surface area contributed by atoms with Gasteiger partial charge in [0.05, 0.1) is 10.6 Å². The number of hydrogen-bond donors (Lipinski definition) is 0. The molecule has 0 atom stereocenters. The fourth-order valence-corrected chi connectivity index (χ4v) is 3.13. The van der Waals surface area contributed by atoms with Gasteiger partial charge in [0.25, 0.3) is 0 Å². The lowest BCUT2D eigenvalue weighted by molar-refractivity contribution is 0.590. The zero-order valence-corrected chi connectivity index (χ0v) is 10.7. The van der Waals surface area contributed by atoms with E-state index in [9.17, 15) is 12.8 Å². The lowest BCUT2D eigenvalue weighted by atomic mass is 10.2. The van der Waals surface area contributed by atoms with Crippen molar-refractivity contribution in [2.24, 2.45) is 0 Å². The third-order valence-electron chi connectivity index (χ3n) is 2.59. The maximum absolute atomic E-state index is 13.0. The first-order valence-corrected chi connectivity index (χ1v) is 7.16. The Morgan fingerprint density at radius 3 is 2.44 bits per heavy atom. The van der Waals surface area contributed by atoms with Gasteiger partial charge >= 0.3 is 0 Å². The highest BCUT2D eigenvalue weighted by Crippen LogP contribution is 2.17. The SMILES string of the molecule is Cc1cccc(CS(=O)(=O)c2cccc(F)c2)c1. The van der Waals surface area contributed by atoms with E-state index in [1.54, 1.807) is 6.07 Å². The Morgan fingerprint density at radius 1 is 1.06 bits per heavy atom. The third-order valence-corrected chi connectivity index (χ3v) is 4.28. The van der Waals surface area contributed by atoms with Crippen LogP contribution in [0.1, 0.15) is 11.1 Å². The summed E-state index contributed by atoms with van der Waals surface area (Å²) in [6.07, 6.45) is 0. The Hall–Kier alpha value is -1.68. The molecule has 0 bridgehead atoms. The molecule has 2 nitrogen and oxygen atoms in total. The summed E-state index contributed by atoms with van der Waals surface area (Å²) in [5.74, 6) is -0.654. The summed E-state index contributed by atoms with van der Waals surface area (Å²) in [6, 6.07) is 12.4. The molecule has 0 saturated carbocycles. The minimum atomic E-state index is -3.49. The summed E-state index contributed by atoms with van der Waals surface area (Å²) in [5.41, 5.74) is 1.71. The average molecular weight is 264 g/mol. The minimum Gasteiger partial charge on any atom is -0.223 e. The van der Waals surface area contributed by atoms with Crippen LogP contribution in [0, 0.1) is 12.7 Å². The van der Waals surface area contributed by atoms with Gasteiger partial charge in [-0.25, -0.2) is 12.8 Å². The standard InChI is InChI=1S/C14H13FO2S/c1-11-4-2-5-12(8-11)10-18(16,17)14-7-3-6-13(15)9-14/h2-9H,10H2,1H3. The monoisotopic (exact) mass is 264 g/mol. The quantitative estimate of drug-likeness (QED) is 0.853. The molecule has 0 aromatic heterocycles. The Bertz CT molecular complexity index is 663. The molecule has 2 aromatic carbocycles. The molecule has 18 heavy (non-hydrogen) atoms. The molecule has 0 aliphatic heterocycles. The van der Waals surface area contributed by atoms with Crippen LogP contribution in [0.4, 0.5) is 4.39 Å². The number of benzene rings is 2. The van der Waals surface area contributed by atoms with Crippen LogP contribution in [0.2, 0.25) is 0 Å². The summed E-state index contributed by atoms with van der Waals surface area (Å²) in [6.45, 7) is 1.90. The van der Waals surface area contributed by atoms with Crippen molar-refractivity contribution in [2.45, 2.75) is 17.6 Å². The van der Waals surface area contributed by atoms with Crippen molar-refractivity contribution in [1.29, 1.82) is 0 Å². The summed E-state index contributed by atoms with van der Waals surface area (Å²) in [4.78, 5) is 0.0176. The summed E-state index contributed by atoms with van der Waals surface area (Å²) in [7, 11) is -3.49. The smallest absolute Gasteiger partial charge is 0.182 e. The van der Waals surface area contributed by atoms with E-state index in [0.29, 0.717) is 5.56 Å². The topological polar surface area (TPSA) is 34.1 Å². The maximum atomic E-state index is 13.0. The number of aryl methyl sites for hydroxylation is 1. The highest BCUT2D eigenvalue weighted by atomic mass is 32.2. The summed E-state index contributed by atoms with van der Waals surface area (Å²) in [5, 5.41) is 0. The van der Waals surface area contributed by atoms with Gasteiger partial charge in [-0.2, -0.15) is 0 Å². The average Bonchev–Trinajstić information content (AvgIpc) is 2.28. The number of hydrogen-bond acceptors (Lipinski definition) is 2. The van der Waals surface area contributed by atoms with Crippen LogP contribution >= 0.6 is 0 Å². The van der Waals surface area contributed by atoms with Gasteiger partial charge in [-0.15, -0.1) is 0 Å².